The zero-order valence-corrected chi connectivity index (χ0v) is 14.0. The molecule has 0 bridgehead atoms. The van der Waals surface area contributed by atoms with Crippen LogP contribution in [-0.2, 0) is 0 Å². The maximum atomic E-state index is 9.39. The van der Waals surface area contributed by atoms with E-state index in [1.165, 1.54) is 0 Å². The van der Waals surface area contributed by atoms with Crippen LogP contribution >= 0.6 is 15.9 Å². The summed E-state index contributed by atoms with van der Waals surface area (Å²) in [5.74, 6) is 0. The molecule has 19 heavy (non-hydrogen) atoms. The molecule has 0 fully saturated rings. The second-order valence-electron chi connectivity index (χ2n) is 5.35. The van der Waals surface area contributed by atoms with Crippen LogP contribution in [0.15, 0.2) is 4.47 Å². The quantitative estimate of drug-likeness (QED) is 0.870. The van der Waals surface area contributed by atoms with Gasteiger partial charge in [-0.05, 0) is 56.6 Å². The number of hydrogen-bond acceptors (Lipinski definition) is 3. The predicted molar refractivity (Wildman–Crippen MR) is 81.0 cm³/mol. The Kier molecular flexibility index (Phi) is 5.57. The van der Waals surface area contributed by atoms with Crippen LogP contribution in [0, 0.1) is 25.2 Å². The lowest BCUT2D eigenvalue weighted by Gasteiger charge is -2.27. The van der Waals surface area contributed by atoms with Crippen LogP contribution in [0.2, 0.25) is 0 Å². The van der Waals surface area contributed by atoms with E-state index in [-0.39, 0.29) is 6.04 Å². The van der Waals surface area contributed by atoms with E-state index in [1.54, 1.807) is 0 Å². The number of nitrogens with one attached hydrogen (secondary N) is 1. The minimum Gasteiger partial charge on any atom is -0.300 e. The number of hydrogen-bond donors (Lipinski definition) is 1. The van der Waals surface area contributed by atoms with Crippen LogP contribution in [0.25, 0.3) is 0 Å². The Balaban J connectivity index is 2.86. The van der Waals surface area contributed by atoms with E-state index in [1.807, 2.05) is 25.5 Å². The summed E-state index contributed by atoms with van der Waals surface area (Å²) >= 11 is 3.54. The smallest absolute Gasteiger partial charge is 0.105 e. The van der Waals surface area contributed by atoms with Crippen LogP contribution in [0.1, 0.15) is 51.0 Å². The Morgan fingerprint density at radius 2 is 2.16 bits per heavy atom. The second kappa shape index (κ2) is 6.53. The molecular weight excluding hydrogens is 304 g/mol. The molecule has 0 aliphatic rings. The molecule has 0 radical (unpaired) electrons. The lowest BCUT2D eigenvalue weighted by Crippen LogP contribution is -2.43. The lowest BCUT2D eigenvalue weighted by atomic mass is 9.95. The molecule has 0 spiro atoms. The third-order valence-corrected chi connectivity index (χ3v) is 4.52. The molecule has 0 saturated carbocycles. The average Bonchev–Trinajstić information content (AvgIpc) is 2.64. The highest BCUT2D eigenvalue weighted by Gasteiger charge is 2.27. The minimum absolute atomic E-state index is 0.180. The van der Waals surface area contributed by atoms with E-state index in [2.05, 4.69) is 46.3 Å². The maximum Gasteiger partial charge on any atom is 0.105 e. The molecule has 0 saturated heterocycles. The molecule has 0 aliphatic carbocycles. The lowest BCUT2D eigenvalue weighted by molar-refractivity contribution is 0.329. The van der Waals surface area contributed by atoms with Crippen molar-refractivity contribution in [3.8, 4) is 6.07 Å². The first-order valence-corrected chi connectivity index (χ1v) is 7.51. The van der Waals surface area contributed by atoms with Crippen molar-refractivity contribution in [1.29, 1.82) is 5.26 Å². The Bertz CT molecular complexity index is 475. The molecule has 1 rings (SSSR count). The van der Waals surface area contributed by atoms with Crippen molar-refractivity contribution >= 4 is 15.9 Å². The second-order valence-corrected chi connectivity index (χ2v) is 6.15. The van der Waals surface area contributed by atoms with Crippen LogP contribution in [0.4, 0.5) is 0 Å². The van der Waals surface area contributed by atoms with Crippen molar-refractivity contribution < 1.29 is 0 Å². The molecule has 0 amide bonds. The number of nitriles is 1. The molecule has 2 atom stereocenters. The van der Waals surface area contributed by atoms with Crippen molar-refractivity contribution in [2.24, 2.45) is 0 Å². The summed E-state index contributed by atoms with van der Waals surface area (Å²) in [6.45, 7) is 11.1. The maximum absolute atomic E-state index is 9.39. The van der Waals surface area contributed by atoms with Gasteiger partial charge in [0.1, 0.15) is 5.54 Å². The molecule has 2 unspecified atom stereocenters. The monoisotopic (exact) mass is 326 g/mol. The number of aromatic nitrogens is 2. The van der Waals surface area contributed by atoms with Crippen molar-refractivity contribution in [2.75, 3.05) is 6.54 Å². The first kappa shape index (κ1) is 16.2. The Hall–Kier alpha value is -0.860. The first-order chi connectivity index (χ1) is 8.84. The molecule has 1 heterocycles. The van der Waals surface area contributed by atoms with E-state index in [0.717, 1.165) is 35.2 Å². The largest absolute Gasteiger partial charge is 0.300 e. The zero-order chi connectivity index (χ0) is 14.6. The highest BCUT2D eigenvalue weighted by atomic mass is 79.9. The minimum atomic E-state index is -0.506. The van der Waals surface area contributed by atoms with Gasteiger partial charge in [0.25, 0.3) is 0 Å². The fourth-order valence-corrected chi connectivity index (χ4v) is 2.57. The van der Waals surface area contributed by atoms with Crippen LogP contribution in [-0.4, -0.2) is 21.9 Å². The van der Waals surface area contributed by atoms with Crippen molar-refractivity contribution in [3.63, 3.8) is 0 Å². The third kappa shape index (κ3) is 3.80. The topological polar surface area (TPSA) is 53.6 Å². The van der Waals surface area contributed by atoms with Crippen LogP contribution in [0.3, 0.4) is 0 Å². The highest BCUT2D eigenvalue weighted by Crippen LogP contribution is 2.26. The van der Waals surface area contributed by atoms with Gasteiger partial charge in [0.05, 0.1) is 28.0 Å². The van der Waals surface area contributed by atoms with Gasteiger partial charge < -0.3 is 0 Å². The van der Waals surface area contributed by atoms with Gasteiger partial charge in [0, 0.05) is 6.42 Å². The summed E-state index contributed by atoms with van der Waals surface area (Å²) in [6.07, 6.45) is 1.76. The van der Waals surface area contributed by atoms with Crippen molar-refractivity contribution in [1.82, 2.24) is 15.1 Å². The number of rotatable bonds is 6. The van der Waals surface area contributed by atoms with Gasteiger partial charge in [-0.1, -0.05) is 6.92 Å². The van der Waals surface area contributed by atoms with E-state index in [4.69, 9.17) is 0 Å². The molecule has 0 aromatic carbocycles. The fourth-order valence-electron chi connectivity index (χ4n) is 2.31. The first-order valence-electron chi connectivity index (χ1n) is 6.72. The Morgan fingerprint density at radius 3 is 2.58 bits per heavy atom. The highest BCUT2D eigenvalue weighted by molar-refractivity contribution is 9.10. The standard InChI is InChI=1S/C14H23BrN4/c1-6-7-17-14(5,9-16)8-10(2)19-12(4)13(15)11(3)18-19/h10,17H,6-8H2,1-5H3. The van der Waals surface area contributed by atoms with Crippen molar-refractivity contribution in [3.05, 3.63) is 15.9 Å². The normalized spacial score (nSPS) is 15.8. The van der Waals surface area contributed by atoms with E-state index >= 15 is 0 Å². The van der Waals surface area contributed by atoms with Gasteiger partial charge in [-0.3, -0.25) is 10.00 Å². The molecule has 4 nitrogen and oxygen atoms in total. The number of halogens is 1. The van der Waals surface area contributed by atoms with Gasteiger partial charge in [0.15, 0.2) is 0 Å². The summed E-state index contributed by atoms with van der Waals surface area (Å²) in [4.78, 5) is 0. The summed E-state index contributed by atoms with van der Waals surface area (Å²) < 4.78 is 3.06. The molecule has 1 aromatic heterocycles. The van der Waals surface area contributed by atoms with Crippen molar-refractivity contribution in [2.45, 2.75) is 59.0 Å². The van der Waals surface area contributed by atoms with E-state index < -0.39 is 5.54 Å². The molecule has 1 aromatic rings. The molecule has 106 valence electrons. The summed E-state index contributed by atoms with van der Waals surface area (Å²) in [7, 11) is 0. The molecule has 5 heteroatoms. The average molecular weight is 327 g/mol. The van der Waals surface area contributed by atoms with Crippen LogP contribution in [0.5, 0.6) is 0 Å². The zero-order valence-electron chi connectivity index (χ0n) is 12.4. The van der Waals surface area contributed by atoms with Gasteiger partial charge in [0.2, 0.25) is 0 Å². The molecular formula is C14H23BrN4. The predicted octanol–water partition coefficient (Wildman–Crippen LogP) is 3.50. The van der Waals surface area contributed by atoms with Gasteiger partial charge in [-0.15, -0.1) is 0 Å². The molecule has 0 aliphatic heterocycles. The van der Waals surface area contributed by atoms with E-state index in [9.17, 15) is 5.26 Å². The van der Waals surface area contributed by atoms with E-state index in [0.29, 0.717) is 0 Å². The number of aryl methyl sites for hydroxylation is 1. The Morgan fingerprint density at radius 1 is 1.53 bits per heavy atom. The fraction of sp³-hybridized carbons (Fsp3) is 0.714. The van der Waals surface area contributed by atoms with Gasteiger partial charge >= 0.3 is 0 Å². The number of nitrogens with zero attached hydrogens (tertiary/aromatic N) is 3. The SMILES string of the molecule is CCCNC(C)(C#N)CC(C)n1nc(C)c(Br)c1C. The summed E-state index contributed by atoms with van der Waals surface area (Å²) in [6, 6.07) is 2.57. The summed E-state index contributed by atoms with van der Waals surface area (Å²) in [5.41, 5.74) is 1.60. The van der Waals surface area contributed by atoms with Crippen LogP contribution < -0.4 is 5.32 Å². The molecule has 1 N–H and O–H groups in total. The third-order valence-electron chi connectivity index (χ3n) is 3.37. The van der Waals surface area contributed by atoms with Gasteiger partial charge in [-0.2, -0.15) is 10.4 Å². The Labute approximate surface area is 124 Å². The summed E-state index contributed by atoms with van der Waals surface area (Å²) in [5, 5.41) is 17.2. The van der Waals surface area contributed by atoms with Gasteiger partial charge in [-0.25, -0.2) is 0 Å².